The van der Waals surface area contributed by atoms with E-state index in [0.29, 0.717) is 17.0 Å². The number of hydrogen-bond donors (Lipinski definition) is 1. The molecule has 5 heteroatoms. The summed E-state index contributed by atoms with van der Waals surface area (Å²) in [6.45, 7) is 0. The van der Waals surface area contributed by atoms with Crippen molar-refractivity contribution in [1.29, 1.82) is 0 Å². The molecular formula is C9H12ClNO3. The number of rotatable bonds is 2. The van der Waals surface area contributed by atoms with Crippen molar-refractivity contribution in [2.24, 2.45) is 0 Å². The van der Waals surface area contributed by atoms with Gasteiger partial charge < -0.3 is 15.2 Å². The summed E-state index contributed by atoms with van der Waals surface area (Å²) < 4.78 is 9.48. The highest BCUT2D eigenvalue weighted by Crippen LogP contribution is 2.19. The van der Waals surface area contributed by atoms with Crippen molar-refractivity contribution in [3.63, 3.8) is 0 Å². The molecule has 0 spiro atoms. The molecule has 0 unspecified atom stereocenters. The number of hydrogen-bond acceptors (Lipinski definition) is 4. The molecule has 2 N–H and O–H groups in total. The fourth-order valence-corrected chi connectivity index (χ4v) is 0.949. The predicted octanol–water partition coefficient (Wildman–Crippen LogP) is 1.49. The van der Waals surface area contributed by atoms with Gasteiger partial charge in [-0.3, -0.25) is 0 Å². The fraction of sp³-hybridized carbons (Fsp3) is 0.222. The molecular weight excluding hydrogens is 206 g/mol. The van der Waals surface area contributed by atoms with Crippen molar-refractivity contribution >= 4 is 24.1 Å². The van der Waals surface area contributed by atoms with Crippen LogP contribution in [0.4, 0.5) is 5.69 Å². The van der Waals surface area contributed by atoms with Crippen LogP contribution in [0.15, 0.2) is 18.2 Å². The predicted molar refractivity (Wildman–Crippen MR) is 56.0 cm³/mol. The van der Waals surface area contributed by atoms with Gasteiger partial charge in [-0.05, 0) is 18.2 Å². The highest BCUT2D eigenvalue weighted by molar-refractivity contribution is 5.95. The van der Waals surface area contributed by atoms with Crippen LogP contribution in [0, 0.1) is 0 Å². The highest BCUT2D eigenvalue weighted by Gasteiger charge is 2.10. The third kappa shape index (κ3) is 2.53. The van der Waals surface area contributed by atoms with E-state index in [9.17, 15) is 4.79 Å². The lowest BCUT2D eigenvalue weighted by atomic mass is 10.2. The number of carbonyl (C=O) groups excluding carboxylic acids is 1. The van der Waals surface area contributed by atoms with E-state index < -0.39 is 5.97 Å². The second kappa shape index (κ2) is 5.34. The Bertz CT molecular complexity index is 328. The summed E-state index contributed by atoms with van der Waals surface area (Å²) in [5.41, 5.74) is 6.27. The van der Waals surface area contributed by atoms with Gasteiger partial charge in [0.1, 0.15) is 5.75 Å². The zero-order chi connectivity index (χ0) is 9.84. The number of esters is 1. The fourth-order valence-electron chi connectivity index (χ4n) is 0.949. The molecule has 0 bridgehead atoms. The average molecular weight is 218 g/mol. The lowest BCUT2D eigenvalue weighted by molar-refractivity contribution is 0.0601. The standard InChI is InChI=1S/C9H11NO3.ClH/c1-12-6-3-4-8(10)7(5-6)9(11)13-2;/h3-5H,10H2,1-2H3;1H. The van der Waals surface area contributed by atoms with Crippen molar-refractivity contribution < 1.29 is 14.3 Å². The van der Waals surface area contributed by atoms with Crippen LogP contribution in [0.2, 0.25) is 0 Å². The third-order valence-corrected chi connectivity index (χ3v) is 1.67. The summed E-state index contributed by atoms with van der Waals surface area (Å²) in [7, 11) is 2.83. The molecule has 0 aliphatic heterocycles. The van der Waals surface area contributed by atoms with Crippen LogP contribution < -0.4 is 10.5 Å². The minimum atomic E-state index is -0.462. The third-order valence-electron chi connectivity index (χ3n) is 1.67. The quantitative estimate of drug-likeness (QED) is 0.602. The average Bonchev–Trinajstić information content (AvgIpc) is 2.17. The van der Waals surface area contributed by atoms with Crippen LogP contribution in [0.1, 0.15) is 10.4 Å². The molecule has 0 aromatic heterocycles. The van der Waals surface area contributed by atoms with Gasteiger partial charge in [0, 0.05) is 5.69 Å². The molecule has 0 atom stereocenters. The van der Waals surface area contributed by atoms with Crippen molar-refractivity contribution in [3.8, 4) is 5.75 Å². The summed E-state index contributed by atoms with van der Waals surface area (Å²) in [5, 5.41) is 0. The summed E-state index contributed by atoms with van der Waals surface area (Å²) in [4.78, 5) is 11.1. The Morgan fingerprint density at radius 3 is 2.50 bits per heavy atom. The lowest BCUT2D eigenvalue weighted by Gasteiger charge is -2.05. The molecule has 0 saturated heterocycles. The van der Waals surface area contributed by atoms with Crippen LogP contribution in [-0.4, -0.2) is 20.2 Å². The zero-order valence-electron chi connectivity index (χ0n) is 7.94. The van der Waals surface area contributed by atoms with Gasteiger partial charge in [-0.1, -0.05) is 0 Å². The van der Waals surface area contributed by atoms with Crippen LogP contribution in [0.5, 0.6) is 5.75 Å². The van der Waals surface area contributed by atoms with Gasteiger partial charge in [0.15, 0.2) is 0 Å². The van der Waals surface area contributed by atoms with E-state index in [0.717, 1.165) is 0 Å². The van der Waals surface area contributed by atoms with Gasteiger partial charge in [-0.15, -0.1) is 12.4 Å². The summed E-state index contributed by atoms with van der Waals surface area (Å²) >= 11 is 0. The van der Waals surface area contributed by atoms with E-state index in [-0.39, 0.29) is 12.4 Å². The summed E-state index contributed by atoms with van der Waals surface area (Å²) in [6.07, 6.45) is 0. The minimum absolute atomic E-state index is 0. The Morgan fingerprint density at radius 2 is 2.00 bits per heavy atom. The molecule has 0 amide bonds. The molecule has 1 rings (SSSR count). The van der Waals surface area contributed by atoms with Crippen LogP contribution >= 0.6 is 12.4 Å². The van der Waals surface area contributed by atoms with Crippen molar-refractivity contribution in [2.75, 3.05) is 20.0 Å². The molecule has 0 saturated carbocycles. The molecule has 1 aromatic carbocycles. The smallest absolute Gasteiger partial charge is 0.340 e. The van der Waals surface area contributed by atoms with E-state index in [4.69, 9.17) is 10.5 Å². The summed E-state index contributed by atoms with van der Waals surface area (Å²) in [5.74, 6) is 0.117. The number of methoxy groups -OCH3 is 2. The van der Waals surface area contributed by atoms with Crippen molar-refractivity contribution in [3.05, 3.63) is 23.8 Å². The van der Waals surface area contributed by atoms with E-state index in [2.05, 4.69) is 4.74 Å². The van der Waals surface area contributed by atoms with Crippen molar-refractivity contribution in [1.82, 2.24) is 0 Å². The molecule has 0 aliphatic carbocycles. The number of nitrogen functional groups attached to an aromatic ring is 1. The van der Waals surface area contributed by atoms with Gasteiger partial charge in [-0.2, -0.15) is 0 Å². The maximum absolute atomic E-state index is 11.1. The Morgan fingerprint density at radius 1 is 1.36 bits per heavy atom. The van der Waals surface area contributed by atoms with Gasteiger partial charge in [-0.25, -0.2) is 4.79 Å². The first-order valence-corrected chi connectivity index (χ1v) is 3.71. The van der Waals surface area contributed by atoms with E-state index >= 15 is 0 Å². The Hall–Kier alpha value is -1.42. The molecule has 4 nitrogen and oxygen atoms in total. The Kier molecular flexibility index (Phi) is 4.80. The Balaban J connectivity index is 0.00000169. The first-order chi connectivity index (χ1) is 6.19. The van der Waals surface area contributed by atoms with Crippen LogP contribution in [-0.2, 0) is 4.74 Å². The minimum Gasteiger partial charge on any atom is -0.497 e. The maximum Gasteiger partial charge on any atom is 0.340 e. The maximum atomic E-state index is 11.1. The second-order valence-electron chi connectivity index (χ2n) is 2.44. The molecule has 1 aromatic rings. The largest absolute Gasteiger partial charge is 0.497 e. The first-order valence-electron chi connectivity index (χ1n) is 3.71. The van der Waals surface area contributed by atoms with E-state index in [1.165, 1.54) is 14.2 Å². The molecule has 78 valence electrons. The normalized spacial score (nSPS) is 8.71. The number of anilines is 1. The molecule has 0 fully saturated rings. The molecule has 14 heavy (non-hydrogen) atoms. The monoisotopic (exact) mass is 217 g/mol. The lowest BCUT2D eigenvalue weighted by Crippen LogP contribution is -2.05. The highest BCUT2D eigenvalue weighted by atomic mass is 35.5. The first kappa shape index (κ1) is 12.6. The van der Waals surface area contributed by atoms with Gasteiger partial charge >= 0.3 is 5.97 Å². The van der Waals surface area contributed by atoms with E-state index in [1.54, 1.807) is 18.2 Å². The van der Waals surface area contributed by atoms with Crippen molar-refractivity contribution in [2.45, 2.75) is 0 Å². The Labute approximate surface area is 88.4 Å². The van der Waals surface area contributed by atoms with Gasteiger partial charge in [0.2, 0.25) is 0 Å². The summed E-state index contributed by atoms with van der Waals surface area (Å²) in [6, 6.07) is 4.83. The van der Waals surface area contributed by atoms with Crippen LogP contribution in [0.3, 0.4) is 0 Å². The topological polar surface area (TPSA) is 61.5 Å². The number of halogens is 1. The number of nitrogens with two attached hydrogens (primary N) is 1. The van der Waals surface area contributed by atoms with Crippen LogP contribution in [0.25, 0.3) is 0 Å². The number of ether oxygens (including phenoxy) is 2. The number of carbonyl (C=O) groups is 1. The molecule has 0 radical (unpaired) electrons. The number of benzene rings is 1. The van der Waals surface area contributed by atoms with E-state index in [1.807, 2.05) is 0 Å². The second-order valence-corrected chi connectivity index (χ2v) is 2.44. The molecule has 0 aliphatic rings. The van der Waals surface area contributed by atoms with Gasteiger partial charge in [0.25, 0.3) is 0 Å². The zero-order valence-corrected chi connectivity index (χ0v) is 8.76. The SMILES string of the molecule is COC(=O)c1cc(OC)ccc1N.Cl. The van der Waals surface area contributed by atoms with Gasteiger partial charge in [0.05, 0.1) is 19.8 Å². The molecule has 0 heterocycles.